The van der Waals surface area contributed by atoms with Gasteiger partial charge in [0.15, 0.2) is 5.75 Å². The summed E-state index contributed by atoms with van der Waals surface area (Å²) < 4.78 is 25.1. The van der Waals surface area contributed by atoms with Gasteiger partial charge >= 0.3 is 5.97 Å². The largest absolute Gasteiger partial charge is 0.480 e. The number of carbonyl (C=O) groups is 1. The maximum atomic E-state index is 11.4. The Hall–Kier alpha value is -1.40. The van der Waals surface area contributed by atoms with Gasteiger partial charge in [0.2, 0.25) is 10.0 Å². The lowest BCUT2D eigenvalue weighted by Gasteiger charge is -2.13. The Bertz CT molecular complexity index is 493. The Morgan fingerprint density at radius 3 is 2.35 bits per heavy atom. The van der Waals surface area contributed by atoms with Crippen LogP contribution < -0.4 is 4.72 Å². The summed E-state index contributed by atoms with van der Waals surface area (Å²) in [6.07, 6.45) is 0. The molecule has 0 saturated heterocycles. The summed E-state index contributed by atoms with van der Waals surface area (Å²) in [5.41, 5.74) is 1.87. The maximum absolute atomic E-state index is 11.4. The van der Waals surface area contributed by atoms with Crippen molar-refractivity contribution in [3.63, 3.8) is 0 Å². The van der Waals surface area contributed by atoms with Crippen LogP contribution in [0.3, 0.4) is 0 Å². The van der Waals surface area contributed by atoms with E-state index in [4.69, 9.17) is 5.11 Å². The van der Waals surface area contributed by atoms with Crippen molar-refractivity contribution in [3.8, 4) is 0 Å². The van der Waals surface area contributed by atoms with Gasteiger partial charge in [-0.3, -0.25) is 4.79 Å². The van der Waals surface area contributed by atoms with Crippen LogP contribution in [-0.2, 0) is 14.8 Å². The van der Waals surface area contributed by atoms with Crippen molar-refractivity contribution in [1.82, 2.24) is 4.72 Å². The highest BCUT2D eigenvalue weighted by atomic mass is 32.2. The van der Waals surface area contributed by atoms with Crippen LogP contribution in [0.1, 0.15) is 24.1 Å². The van der Waals surface area contributed by atoms with Crippen molar-refractivity contribution in [1.29, 1.82) is 0 Å². The van der Waals surface area contributed by atoms with E-state index in [1.54, 1.807) is 6.92 Å². The summed E-state index contributed by atoms with van der Waals surface area (Å²) in [4.78, 5) is 10.4. The SMILES string of the molecule is Cc1ccc([C@H](C)NS(=O)(=O)CC(=O)O)cc1. The van der Waals surface area contributed by atoms with Gasteiger partial charge in [-0.25, -0.2) is 13.1 Å². The molecule has 94 valence electrons. The third kappa shape index (κ3) is 4.54. The van der Waals surface area contributed by atoms with Crippen molar-refractivity contribution in [2.75, 3.05) is 5.75 Å². The van der Waals surface area contributed by atoms with Gasteiger partial charge in [-0.1, -0.05) is 29.8 Å². The van der Waals surface area contributed by atoms with Crippen molar-refractivity contribution in [3.05, 3.63) is 35.4 Å². The molecule has 0 bridgehead atoms. The van der Waals surface area contributed by atoms with Crippen LogP contribution in [0.25, 0.3) is 0 Å². The molecule has 0 saturated carbocycles. The lowest BCUT2D eigenvalue weighted by atomic mass is 10.1. The molecule has 1 atom stereocenters. The van der Waals surface area contributed by atoms with Crippen LogP contribution in [0.4, 0.5) is 0 Å². The van der Waals surface area contributed by atoms with E-state index >= 15 is 0 Å². The molecule has 0 heterocycles. The number of carboxylic acids is 1. The topological polar surface area (TPSA) is 83.5 Å². The highest BCUT2D eigenvalue weighted by molar-refractivity contribution is 7.90. The zero-order valence-corrected chi connectivity index (χ0v) is 10.5. The Kier molecular flexibility index (Phi) is 4.25. The fourth-order valence-electron chi connectivity index (χ4n) is 1.40. The zero-order chi connectivity index (χ0) is 13.1. The number of rotatable bonds is 5. The Labute approximate surface area is 101 Å². The van der Waals surface area contributed by atoms with Gasteiger partial charge in [-0.2, -0.15) is 0 Å². The van der Waals surface area contributed by atoms with E-state index in [0.29, 0.717) is 0 Å². The summed E-state index contributed by atoms with van der Waals surface area (Å²) in [7, 11) is -3.79. The first kappa shape index (κ1) is 13.7. The minimum Gasteiger partial charge on any atom is -0.480 e. The maximum Gasteiger partial charge on any atom is 0.320 e. The number of hydrogen-bond acceptors (Lipinski definition) is 3. The standard InChI is InChI=1S/C11H15NO4S/c1-8-3-5-10(6-4-8)9(2)12-17(15,16)7-11(13)14/h3-6,9,12H,7H2,1-2H3,(H,13,14)/t9-/m0/s1. The van der Waals surface area contributed by atoms with Crippen molar-refractivity contribution >= 4 is 16.0 Å². The third-order valence-electron chi connectivity index (χ3n) is 2.25. The molecular formula is C11H15NO4S. The fourth-order valence-corrected chi connectivity index (χ4v) is 2.48. The number of aliphatic carboxylic acids is 1. The normalized spacial score (nSPS) is 13.3. The number of hydrogen-bond donors (Lipinski definition) is 2. The fraction of sp³-hybridized carbons (Fsp3) is 0.364. The average Bonchev–Trinajstić information content (AvgIpc) is 2.15. The van der Waals surface area contributed by atoms with Crippen molar-refractivity contribution < 1.29 is 18.3 Å². The van der Waals surface area contributed by atoms with E-state index in [0.717, 1.165) is 11.1 Å². The molecule has 0 radical (unpaired) electrons. The minimum absolute atomic E-state index is 0.444. The van der Waals surface area contributed by atoms with E-state index in [1.165, 1.54) is 0 Å². The first-order valence-electron chi connectivity index (χ1n) is 5.08. The molecule has 0 aliphatic carbocycles. The summed E-state index contributed by atoms with van der Waals surface area (Å²) in [6, 6.07) is 6.92. The predicted molar refractivity (Wildman–Crippen MR) is 64.2 cm³/mol. The quantitative estimate of drug-likeness (QED) is 0.826. The van der Waals surface area contributed by atoms with E-state index in [1.807, 2.05) is 31.2 Å². The molecule has 0 unspecified atom stereocenters. The van der Waals surface area contributed by atoms with Gasteiger partial charge in [0, 0.05) is 6.04 Å². The van der Waals surface area contributed by atoms with Gasteiger partial charge in [0.1, 0.15) is 0 Å². The average molecular weight is 257 g/mol. The van der Waals surface area contributed by atoms with Gasteiger partial charge < -0.3 is 5.11 Å². The molecule has 1 rings (SSSR count). The monoisotopic (exact) mass is 257 g/mol. The molecule has 2 N–H and O–H groups in total. The summed E-state index contributed by atoms with van der Waals surface area (Å²) in [5, 5.41) is 8.45. The van der Waals surface area contributed by atoms with Gasteiger partial charge in [0.25, 0.3) is 0 Å². The van der Waals surface area contributed by atoms with Crippen LogP contribution in [0.2, 0.25) is 0 Å². The van der Waals surface area contributed by atoms with Crippen LogP contribution in [0.15, 0.2) is 24.3 Å². The minimum atomic E-state index is -3.79. The Morgan fingerprint density at radius 2 is 1.88 bits per heavy atom. The number of aryl methyl sites for hydroxylation is 1. The summed E-state index contributed by atoms with van der Waals surface area (Å²) >= 11 is 0. The van der Waals surface area contributed by atoms with Crippen LogP contribution >= 0.6 is 0 Å². The predicted octanol–water partition coefficient (Wildman–Crippen LogP) is 1.06. The Morgan fingerprint density at radius 1 is 1.35 bits per heavy atom. The molecule has 5 nitrogen and oxygen atoms in total. The molecule has 1 aromatic rings. The first-order chi connectivity index (χ1) is 7.80. The van der Waals surface area contributed by atoms with Crippen LogP contribution in [-0.4, -0.2) is 25.2 Å². The number of nitrogens with one attached hydrogen (secondary N) is 1. The lowest BCUT2D eigenvalue weighted by molar-refractivity contribution is -0.134. The number of carboxylic acid groups (broad SMARTS) is 1. The third-order valence-corrected chi connectivity index (χ3v) is 3.59. The highest BCUT2D eigenvalue weighted by Crippen LogP contribution is 2.14. The van der Waals surface area contributed by atoms with E-state index < -0.39 is 27.8 Å². The highest BCUT2D eigenvalue weighted by Gasteiger charge is 2.18. The van der Waals surface area contributed by atoms with E-state index in [-0.39, 0.29) is 0 Å². The summed E-state index contributed by atoms with van der Waals surface area (Å²) in [6.45, 7) is 3.60. The first-order valence-corrected chi connectivity index (χ1v) is 6.74. The molecule has 6 heteroatoms. The molecule has 0 spiro atoms. The molecule has 0 aromatic heterocycles. The zero-order valence-electron chi connectivity index (χ0n) is 9.67. The van der Waals surface area contributed by atoms with Crippen molar-refractivity contribution in [2.24, 2.45) is 0 Å². The Balaban J connectivity index is 2.75. The number of benzene rings is 1. The lowest BCUT2D eigenvalue weighted by Crippen LogP contribution is -2.32. The smallest absolute Gasteiger partial charge is 0.320 e. The van der Waals surface area contributed by atoms with Crippen molar-refractivity contribution in [2.45, 2.75) is 19.9 Å². The van der Waals surface area contributed by atoms with Crippen LogP contribution in [0, 0.1) is 6.92 Å². The molecule has 0 aliphatic heterocycles. The summed E-state index contributed by atoms with van der Waals surface area (Å²) in [5.74, 6) is -2.28. The second-order valence-corrected chi connectivity index (χ2v) is 5.66. The van der Waals surface area contributed by atoms with E-state index in [9.17, 15) is 13.2 Å². The molecule has 1 aromatic carbocycles. The van der Waals surface area contributed by atoms with Crippen LogP contribution in [0.5, 0.6) is 0 Å². The second-order valence-electron chi connectivity index (χ2n) is 3.90. The molecule has 0 aliphatic rings. The number of sulfonamides is 1. The second kappa shape index (κ2) is 5.29. The molecule has 0 amide bonds. The molecule has 0 fully saturated rings. The van der Waals surface area contributed by atoms with Gasteiger partial charge in [0.05, 0.1) is 0 Å². The van der Waals surface area contributed by atoms with Gasteiger partial charge in [-0.15, -0.1) is 0 Å². The molecule has 17 heavy (non-hydrogen) atoms. The van der Waals surface area contributed by atoms with E-state index in [2.05, 4.69) is 4.72 Å². The molecular weight excluding hydrogens is 242 g/mol. The van der Waals surface area contributed by atoms with Gasteiger partial charge in [-0.05, 0) is 19.4 Å².